The average molecular weight is 263 g/mol. The maximum absolute atomic E-state index is 12.7. The number of hydrogen-bond acceptors (Lipinski definition) is 2. The van der Waals surface area contributed by atoms with Gasteiger partial charge >= 0.3 is 18.2 Å². The minimum atomic E-state index is -6.04. The van der Waals surface area contributed by atoms with Gasteiger partial charge in [-0.15, -0.1) is 0 Å². The summed E-state index contributed by atoms with van der Waals surface area (Å²) in [6.07, 6.45) is -7.90. The number of Topliss-reactive ketones (excluding diaryl/α,β-unsaturated/α-hetero) is 1. The van der Waals surface area contributed by atoms with Crippen molar-refractivity contribution in [2.24, 2.45) is 5.92 Å². The lowest BCUT2D eigenvalue weighted by Gasteiger charge is -2.25. The summed E-state index contributed by atoms with van der Waals surface area (Å²) >= 11 is 0. The number of nitrogens with one attached hydrogen (secondary N) is 1. The third-order valence-electron chi connectivity index (χ3n) is 1.89. The van der Waals surface area contributed by atoms with Gasteiger partial charge in [0.15, 0.2) is 0 Å². The maximum atomic E-state index is 12.7. The molecule has 0 aliphatic heterocycles. The van der Waals surface area contributed by atoms with Crippen LogP contribution in [0.15, 0.2) is 0 Å². The lowest BCUT2D eigenvalue weighted by molar-refractivity contribution is -0.269. The van der Waals surface area contributed by atoms with Crippen LogP contribution >= 0.6 is 0 Å². The number of carboxylic acid groups (broad SMARTS) is 1. The molecular formula is C8H10F5NO3. The molecule has 0 saturated heterocycles. The third-order valence-corrected chi connectivity index (χ3v) is 1.89. The van der Waals surface area contributed by atoms with Crippen molar-refractivity contribution < 1.29 is 36.6 Å². The fourth-order valence-corrected chi connectivity index (χ4v) is 1.00. The fourth-order valence-electron chi connectivity index (χ4n) is 1.00. The van der Waals surface area contributed by atoms with E-state index in [1.807, 2.05) is 0 Å². The maximum Gasteiger partial charge on any atom is 0.461 e. The Morgan fingerprint density at radius 2 is 1.53 bits per heavy atom. The van der Waals surface area contributed by atoms with E-state index in [1.165, 1.54) is 5.32 Å². The molecule has 0 saturated carbocycles. The quantitative estimate of drug-likeness (QED) is 0.763. The minimum Gasteiger partial charge on any atom is -0.465 e. The summed E-state index contributed by atoms with van der Waals surface area (Å²) in [7, 11) is 0. The highest BCUT2D eigenvalue weighted by molar-refractivity contribution is 5.93. The Hall–Kier alpha value is -1.41. The molecule has 0 aliphatic carbocycles. The van der Waals surface area contributed by atoms with E-state index in [-0.39, 0.29) is 0 Å². The lowest BCUT2D eigenvalue weighted by Crippen LogP contribution is -2.55. The van der Waals surface area contributed by atoms with Gasteiger partial charge in [0.1, 0.15) is 0 Å². The van der Waals surface area contributed by atoms with Crippen molar-refractivity contribution in [3.63, 3.8) is 0 Å². The highest BCUT2D eigenvalue weighted by Crippen LogP contribution is 2.37. The van der Waals surface area contributed by atoms with Crippen LogP contribution < -0.4 is 5.32 Å². The van der Waals surface area contributed by atoms with Crippen LogP contribution in [0.3, 0.4) is 0 Å². The van der Waals surface area contributed by atoms with Crippen LogP contribution in [0.4, 0.5) is 26.7 Å². The Balaban J connectivity index is 5.16. The second-order valence-electron chi connectivity index (χ2n) is 3.61. The molecule has 17 heavy (non-hydrogen) atoms. The van der Waals surface area contributed by atoms with E-state index in [9.17, 15) is 31.5 Å². The molecule has 100 valence electrons. The molecule has 9 heteroatoms. The van der Waals surface area contributed by atoms with Gasteiger partial charge in [0.05, 0.1) is 6.04 Å². The van der Waals surface area contributed by atoms with Crippen LogP contribution in [-0.4, -0.2) is 35.1 Å². The third kappa shape index (κ3) is 3.53. The molecule has 0 fully saturated rings. The first-order valence-corrected chi connectivity index (χ1v) is 4.39. The largest absolute Gasteiger partial charge is 0.465 e. The Labute approximate surface area is 92.8 Å². The Bertz CT molecular complexity index is 313. The molecule has 0 rings (SSSR count). The summed E-state index contributed by atoms with van der Waals surface area (Å²) in [5.41, 5.74) is 0. The van der Waals surface area contributed by atoms with Crippen molar-refractivity contribution >= 4 is 11.9 Å². The van der Waals surface area contributed by atoms with Crippen LogP contribution in [0, 0.1) is 5.92 Å². The zero-order valence-corrected chi connectivity index (χ0v) is 8.81. The lowest BCUT2D eigenvalue weighted by atomic mass is 9.96. The number of rotatable bonds is 4. The Kier molecular flexibility index (Phi) is 4.44. The number of hydrogen-bond donors (Lipinski definition) is 2. The SMILES string of the molecule is CC(C)[C@H](NC(=O)O)C(=O)C(F)(F)C(F)(F)F. The van der Waals surface area contributed by atoms with E-state index in [2.05, 4.69) is 0 Å². The fraction of sp³-hybridized carbons (Fsp3) is 0.750. The van der Waals surface area contributed by atoms with Gasteiger partial charge < -0.3 is 10.4 Å². The van der Waals surface area contributed by atoms with Crippen LogP contribution in [0.1, 0.15) is 13.8 Å². The molecule has 1 amide bonds. The highest BCUT2D eigenvalue weighted by Gasteiger charge is 2.64. The molecule has 1 atom stereocenters. The average Bonchev–Trinajstić information content (AvgIpc) is 2.10. The predicted octanol–water partition coefficient (Wildman–Crippen LogP) is 2.05. The smallest absolute Gasteiger partial charge is 0.461 e. The summed E-state index contributed by atoms with van der Waals surface area (Å²) < 4.78 is 61.1. The topological polar surface area (TPSA) is 66.4 Å². The van der Waals surface area contributed by atoms with Crippen LogP contribution in [0.5, 0.6) is 0 Å². The Morgan fingerprint density at radius 1 is 1.12 bits per heavy atom. The van der Waals surface area contributed by atoms with Gasteiger partial charge in [-0.3, -0.25) is 4.79 Å². The number of carbonyl (C=O) groups excluding carboxylic acids is 1. The van der Waals surface area contributed by atoms with Gasteiger partial charge in [-0.2, -0.15) is 22.0 Å². The molecule has 0 heterocycles. The molecule has 4 nitrogen and oxygen atoms in total. The van der Waals surface area contributed by atoms with E-state index in [1.54, 1.807) is 0 Å². The zero-order chi connectivity index (χ0) is 14.0. The van der Waals surface area contributed by atoms with Gasteiger partial charge in [-0.25, -0.2) is 4.79 Å². The highest BCUT2D eigenvalue weighted by atomic mass is 19.4. The van der Waals surface area contributed by atoms with E-state index in [0.717, 1.165) is 13.8 Å². The van der Waals surface area contributed by atoms with Crippen LogP contribution in [-0.2, 0) is 4.79 Å². The molecule has 0 aromatic rings. The molecule has 0 aromatic carbocycles. The normalized spacial score (nSPS) is 14.6. The van der Waals surface area contributed by atoms with Gasteiger partial charge in [-0.05, 0) is 5.92 Å². The molecule has 0 aromatic heterocycles. The number of ketones is 1. The monoisotopic (exact) mass is 263 g/mol. The summed E-state index contributed by atoms with van der Waals surface area (Å²) in [6, 6.07) is -2.12. The van der Waals surface area contributed by atoms with Crippen LogP contribution in [0.25, 0.3) is 0 Å². The second-order valence-corrected chi connectivity index (χ2v) is 3.61. The van der Waals surface area contributed by atoms with Crippen LogP contribution in [0.2, 0.25) is 0 Å². The molecule has 0 aliphatic rings. The number of halogens is 5. The molecule has 2 N–H and O–H groups in total. The van der Waals surface area contributed by atoms with Gasteiger partial charge in [0.2, 0.25) is 5.78 Å². The van der Waals surface area contributed by atoms with E-state index in [0.29, 0.717) is 0 Å². The van der Waals surface area contributed by atoms with E-state index >= 15 is 0 Å². The summed E-state index contributed by atoms with van der Waals surface area (Å²) in [6.45, 7) is 2.29. The molecule has 0 spiro atoms. The van der Waals surface area contributed by atoms with Crippen molar-refractivity contribution in [2.75, 3.05) is 0 Å². The molecule has 0 bridgehead atoms. The molecular weight excluding hydrogens is 253 g/mol. The van der Waals surface area contributed by atoms with Gasteiger partial charge in [0, 0.05) is 0 Å². The minimum absolute atomic E-state index is 1.04. The van der Waals surface area contributed by atoms with Crippen molar-refractivity contribution in [3.05, 3.63) is 0 Å². The van der Waals surface area contributed by atoms with Gasteiger partial charge in [-0.1, -0.05) is 13.8 Å². The van der Waals surface area contributed by atoms with E-state index in [4.69, 9.17) is 5.11 Å². The Morgan fingerprint density at radius 3 is 1.76 bits per heavy atom. The zero-order valence-electron chi connectivity index (χ0n) is 8.81. The first kappa shape index (κ1) is 15.6. The number of alkyl halides is 5. The van der Waals surface area contributed by atoms with Crippen molar-refractivity contribution in [1.29, 1.82) is 0 Å². The summed E-state index contributed by atoms with van der Waals surface area (Å²) in [5.74, 6) is -9.13. The number of carbonyl (C=O) groups is 2. The standard InChI is InChI=1S/C8H10F5NO3/c1-3(2)4(14-6(16)17)5(15)7(9,10)8(11,12)13/h3-4,14H,1-2H3,(H,16,17)/t4-/m0/s1. The van der Waals surface area contributed by atoms with E-state index < -0.39 is 35.9 Å². The van der Waals surface area contributed by atoms with Gasteiger partial charge in [0.25, 0.3) is 0 Å². The van der Waals surface area contributed by atoms with Crippen molar-refractivity contribution in [3.8, 4) is 0 Å². The molecule has 0 radical (unpaired) electrons. The summed E-state index contributed by atoms with van der Waals surface area (Å²) in [4.78, 5) is 21.2. The second kappa shape index (κ2) is 4.84. The molecule has 0 unspecified atom stereocenters. The summed E-state index contributed by atoms with van der Waals surface area (Å²) in [5, 5.41) is 9.61. The first-order valence-electron chi connectivity index (χ1n) is 4.39. The number of amides is 1. The van der Waals surface area contributed by atoms with Crippen molar-refractivity contribution in [1.82, 2.24) is 5.32 Å². The first-order chi connectivity index (χ1) is 7.41. The predicted molar refractivity (Wildman–Crippen MR) is 45.8 cm³/mol. The van der Waals surface area contributed by atoms with Crippen molar-refractivity contribution in [2.45, 2.75) is 32.0 Å².